The fourth-order valence-corrected chi connectivity index (χ4v) is 12.6. The molecule has 1 aliphatic rings. The first kappa shape index (κ1) is 98.3. The van der Waals surface area contributed by atoms with E-state index >= 15 is 0 Å². The molecular formula is C80H124N18O19. The van der Waals surface area contributed by atoms with Crippen molar-refractivity contribution in [2.75, 3.05) is 19.8 Å². The molecule has 17 amide bonds. The van der Waals surface area contributed by atoms with Gasteiger partial charge in [-0.2, -0.15) is 0 Å². The number of para-hydroxylation sites is 1. The summed E-state index contributed by atoms with van der Waals surface area (Å²) in [5, 5.41) is 57.3. The maximum Gasteiger partial charge on any atom is 0.248 e. The number of likely N-dealkylation sites (tertiary alicyclic amines) is 1. The summed E-state index contributed by atoms with van der Waals surface area (Å²) in [7, 11) is 0. The lowest BCUT2D eigenvalue weighted by atomic mass is 9.96. The Morgan fingerprint density at radius 2 is 0.829 bits per heavy atom. The standard InChI is InChI=1S/C80H124N18O19/c1-43(2)36-53(60(104)84-48(41-99)38-46-26-21-20-22-27-46)89-68(112)75(8,9)92-62(106)51(31-33-58(81)102)87-69(113)76(10,11)96-71(115)78(14,15)93-63(107)52(32-34-59(82)103)88-70(114)77(12,13)97-72(116)79(16,17)94-64(108)54(37-44(3)4)86-66(110)57-30-25-35-98(57)73(117)80(18,19)95-65(109)55(39-47-40-83-50-29-24-23-28-49(47)50)85-61(105)56(42-100)90-67(111)74(6,7)91-45(5)101/h20-24,26-29,40,43-44,48,51-57,83,99-100H,25,30-39,41-42H2,1-19H3,(H2,81,102)(H2,82,103)(H,84,104)(H,85,105)(H,86,110)(H,87,113)(H,88,114)(H,89,112)(H,90,111)(H,91,101)(H,92,106)(H,93,107)(H,94,108)(H,95,109)(H,96,115)(H,97,116)/t48-,51-,52-,53-,54-,55-,56-,57-/m0/s1. The zero-order valence-corrected chi connectivity index (χ0v) is 70.7. The Hall–Kier alpha value is -11.1. The number of hydrogen-bond acceptors (Lipinski definition) is 19. The molecule has 1 aromatic heterocycles. The van der Waals surface area contributed by atoms with Gasteiger partial charge in [0.1, 0.15) is 81.1 Å². The van der Waals surface area contributed by atoms with E-state index in [1.165, 1.54) is 109 Å². The first-order chi connectivity index (χ1) is 54.0. The number of amides is 17. The molecule has 1 fully saturated rings. The van der Waals surface area contributed by atoms with Crippen LogP contribution < -0.4 is 85.9 Å². The number of nitrogens with two attached hydrogens (primary N) is 2. The molecule has 0 bridgehead atoms. The van der Waals surface area contributed by atoms with Crippen LogP contribution in [-0.2, 0) is 94.3 Å². The summed E-state index contributed by atoms with van der Waals surface area (Å²) in [5.74, 6) is -14.9. The average molecular weight is 1640 g/mol. The Labute approximate surface area is 682 Å². The second-order valence-electron chi connectivity index (χ2n) is 34.4. The Morgan fingerprint density at radius 3 is 1.28 bits per heavy atom. The van der Waals surface area contributed by atoms with Gasteiger partial charge in [-0.25, -0.2) is 0 Å². The van der Waals surface area contributed by atoms with E-state index in [1.54, 1.807) is 44.3 Å². The molecule has 0 radical (unpaired) electrons. The highest BCUT2D eigenvalue weighted by Gasteiger charge is 2.47. The van der Waals surface area contributed by atoms with Gasteiger partial charge in [-0.1, -0.05) is 76.2 Å². The molecule has 37 nitrogen and oxygen atoms in total. The van der Waals surface area contributed by atoms with E-state index in [2.05, 4.69) is 79.4 Å². The molecule has 8 atom stereocenters. The van der Waals surface area contributed by atoms with Crippen LogP contribution in [0.5, 0.6) is 0 Å². The maximum atomic E-state index is 14.7. The molecule has 2 aromatic carbocycles. The van der Waals surface area contributed by atoms with Crippen molar-refractivity contribution in [2.45, 2.75) is 283 Å². The number of primary amides is 2. The molecule has 0 aliphatic carbocycles. The Bertz CT molecular complexity index is 4130. The molecule has 4 rings (SSSR count). The number of aromatic amines is 1. The molecule has 1 aliphatic heterocycles. The molecule has 3 aromatic rings. The molecule has 1 saturated heterocycles. The van der Waals surface area contributed by atoms with Crippen molar-refractivity contribution >= 4 is 111 Å². The minimum absolute atomic E-state index is 0.0168. The van der Waals surface area contributed by atoms with Crippen molar-refractivity contribution in [2.24, 2.45) is 23.3 Å². The zero-order chi connectivity index (χ0) is 88.8. The average Bonchev–Trinajstić information content (AvgIpc) is 1.76. The number of H-pyrrole nitrogens is 1. The SMILES string of the molecule is CC(=O)NC(C)(C)C(=O)N[C@@H](CO)C(=O)N[C@@H](Cc1c[nH]c2ccccc12)C(=O)NC(C)(C)C(=O)N1CCC[C@H]1C(=O)N[C@@H](CC(C)C)C(=O)NC(C)(C)C(=O)NC(C)(C)C(=O)N[C@@H](CCC(N)=O)C(=O)NC(C)(C)C(=O)NC(C)(C)C(=O)N[C@@H](CCC(N)=O)C(=O)NC(C)(C)C(=O)N[C@@H](CC(C)C)C(=O)N[C@H](CO)Cc1ccccc1. The summed E-state index contributed by atoms with van der Waals surface area (Å²) in [4.78, 5) is 238. The van der Waals surface area contributed by atoms with Gasteiger partial charge in [0.05, 0.1) is 19.3 Å². The highest BCUT2D eigenvalue weighted by Crippen LogP contribution is 2.26. The summed E-state index contributed by atoms with van der Waals surface area (Å²) >= 11 is 0. The third kappa shape index (κ3) is 29.5. The first-order valence-corrected chi connectivity index (χ1v) is 39.0. The van der Waals surface area contributed by atoms with Crippen molar-refractivity contribution in [3.63, 3.8) is 0 Å². The number of benzene rings is 2. The number of carbonyl (C=O) groups is 17. The summed E-state index contributed by atoms with van der Waals surface area (Å²) in [6, 6.07) is 5.71. The molecule has 21 N–H and O–H groups in total. The van der Waals surface area contributed by atoms with Gasteiger partial charge in [0.15, 0.2) is 0 Å². The van der Waals surface area contributed by atoms with Gasteiger partial charge in [-0.05, 0) is 171 Å². The monoisotopic (exact) mass is 1640 g/mol. The predicted octanol–water partition coefficient (Wildman–Crippen LogP) is -1.77. The van der Waals surface area contributed by atoms with E-state index in [4.69, 9.17) is 11.5 Å². The third-order valence-electron chi connectivity index (χ3n) is 19.5. The largest absolute Gasteiger partial charge is 0.394 e. The number of aromatic nitrogens is 1. The number of rotatable bonds is 44. The van der Waals surface area contributed by atoms with Gasteiger partial charge in [-0.3, -0.25) is 81.5 Å². The zero-order valence-electron chi connectivity index (χ0n) is 70.7. The molecule has 2 heterocycles. The lowest BCUT2D eigenvalue weighted by molar-refractivity contribution is -0.145. The van der Waals surface area contributed by atoms with Gasteiger partial charge < -0.3 is 106 Å². The summed E-state index contributed by atoms with van der Waals surface area (Å²) in [6.07, 6.45) is 0.676. The number of hydrogen-bond donors (Lipinski definition) is 19. The van der Waals surface area contributed by atoms with Gasteiger partial charge >= 0.3 is 0 Å². The Balaban J connectivity index is 1.45. The number of nitrogens with zero attached hydrogens (tertiary/aromatic N) is 1. The highest BCUT2D eigenvalue weighted by molar-refractivity contribution is 6.04. The quantitative estimate of drug-likeness (QED) is 0.0298. The number of aliphatic hydroxyl groups excluding tert-OH is 2. The van der Waals surface area contributed by atoms with E-state index in [0.29, 0.717) is 29.3 Å². The molecule has 37 heteroatoms. The number of fused-ring (bicyclic) bond motifs is 1. The molecule has 648 valence electrons. The lowest BCUT2D eigenvalue weighted by Gasteiger charge is -2.36. The van der Waals surface area contributed by atoms with E-state index in [0.717, 1.165) is 5.56 Å². The molecule has 0 spiro atoms. The van der Waals surface area contributed by atoms with Crippen LogP contribution in [0.2, 0.25) is 0 Å². The Kier molecular flexibility index (Phi) is 35.0. The smallest absolute Gasteiger partial charge is 0.248 e. The van der Waals surface area contributed by atoms with Crippen molar-refractivity contribution in [1.82, 2.24) is 84.3 Å². The van der Waals surface area contributed by atoms with Gasteiger partial charge in [0, 0.05) is 49.8 Å². The van der Waals surface area contributed by atoms with Crippen LogP contribution >= 0.6 is 0 Å². The van der Waals surface area contributed by atoms with Crippen LogP contribution in [0.4, 0.5) is 0 Å². The van der Waals surface area contributed by atoms with Crippen LogP contribution in [0.1, 0.15) is 194 Å². The predicted molar refractivity (Wildman–Crippen MR) is 432 cm³/mol. The van der Waals surface area contributed by atoms with Crippen molar-refractivity contribution < 1.29 is 91.7 Å². The van der Waals surface area contributed by atoms with E-state index in [-0.39, 0.29) is 50.5 Å². The maximum absolute atomic E-state index is 14.7. The fourth-order valence-electron chi connectivity index (χ4n) is 12.6. The second-order valence-corrected chi connectivity index (χ2v) is 34.4. The van der Waals surface area contributed by atoms with Crippen LogP contribution in [0.15, 0.2) is 60.8 Å². The van der Waals surface area contributed by atoms with Gasteiger partial charge in [-0.15, -0.1) is 0 Å². The normalized spacial score (nSPS) is 15.2. The van der Waals surface area contributed by atoms with Gasteiger partial charge in [0.25, 0.3) is 0 Å². The fraction of sp³-hybridized carbons (Fsp3) is 0.613. The molecule has 0 unspecified atom stereocenters. The molecular weight excluding hydrogens is 1520 g/mol. The minimum atomic E-state index is -1.94. The molecule has 0 saturated carbocycles. The third-order valence-corrected chi connectivity index (χ3v) is 19.5. The summed E-state index contributed by atoms with van der Waals surface area (Å²) in [6.45, 7) is 25.6. The van der Waals surface area contributed by atoms with Crippen LogP contribution in [-0.4, -0.2) is 227 Å². The minimum Gasteiger partial charge on any atom is -0.394 e. The number of nitrogens with one attached hydrogen (secondary N) is 15. The first-order valence-electron chi connectivity index (χ1n) is 39.0. The second kappa shape index (κ2) is 41.6. The van der Waals surface area contributed by atoms with E-state index in [9.17, 15) is 91.7 Å². The Morgan fingerprint density at radius 1 is 0.436 bits per heavy atom. The number of aliphatic hydroxyl groups is 2. The lowest BCUT2D eigenvalue weighted by Crippen LogP contribution is -2.67. The van der Waals surface area contributed by atoms with Crippen molar-refractivity contribution in [3.8, 4) is 0 Å². The summed E-state index contributed by atoms with van der Waals surface area (Å²) < 4.78 is 0. The number of carbonyl (C=O) groups excluding carboxylic acids is 17. The van der Waals surface area contributed by atoms with Crippen molar-refractivity contribution in [3.05, 3.63) is 71.9 Å². The van der Waals surface area contributed by atoms with Crippen LogP contribution in [0.25, 0.3) is 10.9 Å². The van der Waals surface area contributed by atoms with Crippen LogP contribution in [0.3, 0.4) is 0 Å². The van der Waals surface area contributed by atoms with E-state index < -0.39 is 220 Å². The molecule has 117 heavy (non-hydrogen) atoms. The van der Waals surface area contributed by atoms with E-state index in [1.807, 2.05) is 44.2 Å². The summed E-state index contributed by atoms with van der Waals surface area (Å²) in [5.41, 5.74) is 0.361. The van der Waals surface area contributed by atoms with Gasteiger partial charge in [0.2, 0.25) is 100 Å². The highest BCUT2D eigenvalue weighted by atomic mass is 16.3. The van der Waals surface area contributed by atoms with Crippen molar-refractivity contribution in [1.29, 1.82) is 0 Å². The topological polar surface area (TPSA) is 570 Å². The van der Waals surface area contributed by atoms with Crippen LogP contribution in [0, 0.1) is 11.8 Å².